The fraction of sp³-hybridized carbons (Fsp3) is 0.667. The Morgan fingerprint density at radius 1 is 1.38 bits per heavy atom. The smallest absolute Gasteiger partial charge is 0.352 e. The van der Waals surface area contributed by atoms with Crippen molar-refractivity contribution in [3.63, 3.8) is 0 Å². The number of aliphatic hydroxyl groups excluding tert-OH is 1. The molecule has 16 heavy (non-hydrogen) atoms. The normalized spacial score (nSPS) is 11.9. The Bertz CT molecular complexity index is 298. The molecule has 0 aromatic heterocycles. The zero-order valence-corrected chi connectivity index (χ0v) is 10.1. The van der Waals surface area contributed by atoms with Crippen LogP contribution >= 0.6 is 0 Å². The molecular formula is C12H19NO3. The van der Waals surface area contributed by atoms with Crippen molar-refractivity contribution in [2.75, 3.05) is 6.61 Å². The molecule has 0 unspecified atom stereocenters. The molecule has 0 radical (unpaired) electrons. The number of carbonyl (C=O) groups is 1. The molecular weight excluding hydrogens is 206 g/mol. The van der Waals surface area contributed by atoms with Gasteiger partial charge < -0.3 is 9.84 Å². The molecule has 0 aromatic rings. The second-order valence-electron chi connectivity index (χ2n) is 3.52. The van der Waals surface area contributed by atoms with Gasteiger partial charge in [0.1, 0.15) is 11.8 Å². The van der Waals surface area contributed by atoms with Crippen LogP contribution in [0.4, 0.5) is 0 Å². The zero-order valence-electron chi connectivity index (χ0n) is 10.1. The van der Waals surface area contributed by atoms with Crippen LogP contribution in [0.5, 0.6) is 0 Å². The summed E-state index contributed by atoms with van der Waals surface area (Å²) in [4.78, 5) is 11.4. The lowest BCUT2D eigenvalue weighted by atomic mass is 9.98. The maximum Gasteiger partial charge on any atom is 0.352 e. The van der Waals surface area contributed by atoms with Crippen LogP contribution in [0, 0.1) is 17.2 Å². The summed E-state index contributed by atoms with van der Waals surface area (Å²) in [6.07, 6.45) is 2.07. The quantitative estimate of drug-likeness (QED) is 0.326. The van der Waals surface area contributed by atoms with Crippen molar-refractivity contribution >= 4 is 5.97 Å². The van der Waals surface area contributed by atoms with E-state index in [0.717, 1.165) is 0 Å². The average molecular weight is 225 g/mol. The first kappa shape index (κ1) is 14.5. The third-order valence-corrected chi connectivity index (χ3v) is 2.38. The number of carbonyl (C=O) groups excluding carboxylic acids is 1. The van der Waals surface area contributed by atoms with E-state index in [1.807, 2.05) is 20.8 Å². The third kappa shape index (κ3) is 3.93. The first-order valence-electron chi connectivity index (χ1n) is 5.62. The minimum absolute atomic E-state index is 0.145. The number of nitriles is 1. The van der Waals surface area contributed by atoms with E-state index in [9.17, 15) is 9.90 Å². The summed E-state index contributed by atoms with van der Waals surface area (Å²) in [6.45, 7) is 5.93. The number of rotatable bonds is 6. The molecule has 0 aliphatic heterocycles. The predicted octanol–water partition coefficient (Wildman–Crippen LogP) is 2.71. The van der Waals surface area contributed by atoms with Crippen molar-refractivity contribution in [2.45, 2.75) is 40.0 Å². The standard InChI is InChI=1S/C12H19NO3/c1-4-7-16-12(15)10(8-13)11(14)9(5-2)6-3/h9,14H,4-7H2,1-3H3. The van der Waals surface area contributed by atoms with E-state index in [1.54, 1.807) is 6.07 Å². The topological polar surface area (TPSA) is 70.3 Å². The average Bonchev–Trinajstić information content (AvgIpc) is 2.29. The summed E-state index contributed by atoms with van der Waals surface area (Å²) < 4.78 is 4.83. The van der Waals surface area contributed by atoms with Crippen LogP contribution in [0.25, 0.3) is 0 Å². The number of nitrogens with zero attached hydrogens (tertiary/aromatic N) is 1. The van der Waals surface area contributed by atoms with Gasteiger partial charge in [0.2, 0.25) is 0 Å². The second-order valence-corrected chi connectivity index (χ2v) is 3.52. The highest BCUT2D eigenvalue weighted by atomic mass is 16.5. The molecule has 0 saturated carbocycles. The number of allylic oxidation sites excluding steroid dienone is 1. The Kier molecular flexibility index (Phi) is 7.02. The fourth-order valence-electron chi connectivity index (χ4n) is 1.35. The van der Waals surface area contributed by atoms with Crippen molar-refractivity contribution < 1.29 is 14.6 Å². The number of ether oxygens (including phenoxy) is 1. The Morgan fingerprint density at radius 3 is 2.31 bits per heavy atom. The Balaban J connectivity index is 4.87. The minimum atomic E-state index is -0.728. The molecule has 0 rings (SSSR count). The Morgan fingerprint density at radius 2 is 1.94 bits per heavy atom. The largest absolute Gasteiger partial charge is 0.510 e. The van der Waals surface area contributed by atoms with Gasteiger partial charge in [0.25, 0.3) is 0 Å². The van der Waals surface area contributed by atoms with Gasteiger partial charge in [-0.05, 0) is 19.3 Å². The summed E-state index contributed by atoms with van der Waals surface area (Å²) >= 11 is 0. The van der Waals surface area contributed by atoms with Crippen LogP contribution in [0.2, 0.25) is 0 Å². The van der Waals surface area contributed by atoms with E-state index < -0.39 is 5.97 Å². The van der Waals surface area contributed by atoms with E-state index in [-0.39, 0.29) is 23.9 Å². The minimum Gasteiger partial charge on any atom is -0.510 e. The summed E-state index contributed by atoms with van der Waals surface area (Å²) in [5.41, 5.74) is -0.262. The van der Waals surface area contributed by atoms with E-state index >= 15 is 0 Å². The van der Waals surface area contributed by atoms with Crippen LogP contribution in [-0.2, 0) is 9.53 Å². The van der Waals surface area contributed by atoms with Crippen LogP contribution in [0.1, 0.15) is 40.0 Å². The Labute approximate surface area is 96.5 Å². The van der Waals surface area contributed by atoms with Crippen LogP contribution in [0.3, 0.4) is 0 Å². The molecule has 0 saturated heterocycles. The molecule has 0 atom stereocenters. The monoisotopic (exact) mass is 225 g/mol. The molecule has 0 aliphatic rings. The van der Waals surface area contributed by atoms with Crippen molar-refractivity contribution in [1.82, 2.24) is 0 Å². The molecule has 0 bridgehead atoms. The molecule has 0 fully saturated rings. The molecule has 0 amide bonds. The SMILES string of the molecule is CCCOC(=O)C(C#N)=C(O)C(CC)CC. The van der Waals surface area contributed by atoms with Gasteiger partial charge in [-0.1, -0.05) is 20.8 Å². The summed E-state index contributed by atoms with van der Waals surface area (Å²) in [5, 5.41) is 18.6. The van der Waals surface area contributed by atoms with Gasteiger partial charge in [-0.15, -0.1) is 0 Å². The van der Waals surface area contributed by atoms with Crippen LogP contribution < -0.4 is 0 Å². The van der Waals surface area contributed by atoms with Gasteiger partial charge in [-0.25, -0.2) is 4.79 Å². The van der Waals surface area contributed by atoms with Gasteiger partial charge in [0.15, 0.2) is 5.57 Å². The predicted molar refractivity (Wildman–Crippen MR) is 60.6 cm³/mol. The lowest BCUT2D eigenvalue weighted by Gasteiger charge is -2.12. The third-order valence-electron chi connectivity index (χ3n) is 2.38. The molecule has 1 N–H and O–H groups in total. The number of aliphatic hydroxyl groups is 1. The van der Waals surface area contributed by atoms with E-state index in [0.29, 0.717) is 19.3 Å². The van der Waals surface area contributed by atoms with Gasteiger partial charge in [-0.2, -0.15) is 5.26 Å². The fourth-order valence-corrected chi connectivity index (χ4v) is 1.35. The van der Waals surface area contributed by atoms with Crippen LogP contribution in [0.15, 0.2) is 11.3 Å². The van der Waals surface area contributed by atoms with Crippen molar-refractivity contribution in [3.8, 4) is 6.07 Å². The maximum atomic E-state index is 11.4. The lowest BCUT2D eigenvalue weighted by Crippen LogP contribution is -2.13. The summed E-state index contributed by atoms with van der Waals surface area (Å²) in [7, 11) is 0. The first-order chi connectivity index (χ1) is 7.62. The Hall–Kier alpha value is -1.50. The molecule has 0 aliphatic carbocycles. The van der Waals surface area contributed by atoms with Gasteiger partial charge >= 0.3 is 5.97 Å². The van der Waals surface area contributed by atoms with Crippen molar-refractivity contribution in [3.05, 3.63) is 11.3 Å². The van der Waals surface area contributed by atoms with Crippen molar-refractivity contribution in [1.29, 1.82) is 5.26 Å². The molecule has 0 heterocycles. The highest BCUT2D eigenvalue weighted by Gasteiger charge is 2.21. The first-order valence-corrected chi connectivity index (χ1v) is 5.62. The molecule has 0 aromatic carbocycles. The summed E-state index contributed by atoms with van der Waals surface area (Å²) in [5.74, 6) is -1.02. The highest BCUT2D eigenvalue weighted by molar-refractivity contribution is 5.93. The van der Waals surface area contributed by atoms with Gasteiger partial charge in [0, 0.05) is 5.92 Å². The molecule has 0 spiro atoms. The van der Waals surface area contributed by atoms with Crippen molar-refractivity contribution in [2.24, 2.45) is 5.92 Å². The molecule has 4 nitrogen and oxygen atoms in total. The number of esters is 1. The maximum absolute atomic E-state index is 11.4. The molecule has 4 heteroatoms. The number of hydrogen-bond donors (Lipinski definition) is 1. The summed E-state index contributed by atoms with van der Waals surface area (Å²) in [6, 6.07) is 1.71. The van der Waals surface area contributed by atoms with Gasteiger partial charge in [-0.3, -0.25) is 0 Å². The zero-order chi connectivity index (χ0) is 12.6. The molecule has 90 valence electrons. The van der Waals surface area contributed by atoms with E-state index in [4.69, 9.17) is 10.00 Å². The highest BCUT2D eigenvalue weighted by Crippen LogP contribution is 2.20. The van der Waals surface area contributed by atoms with E-state index in [1.165, 1.54) is 0 Å². The second kappa shape index (κ2) is 7.75. The van der Waals surface area contributed by atoms with E-state index in [2.05, 4.69) is 0 Å². The van der Waals surface area contributed by atoms with Crippen LogP contribution in [-0.4, -0.2) is 17.7 Å². The van der Waals surface area contributed by atoms with Gasteiger partial charge in [0.05, 0.1) is 6.61 Å². The lowest BCUT2D eigenvalue weighted by molar-refractivity contribution is -0.138. The number of hydrogen-bond acceptors (Lipinski definition) is 4.